The fraction of sp³-hybridized carbons (Fsp3) is 0.895. The molecule has 1 rings (SSSR count). The molecule has 4 unspecified atom stereocenters. The van der Waals surface area contributed by atoms with E-state index in [4.69, 9.17) is 0 Å². The smallest absolute Gasteiger partial charge is 0.0322 e. The first kappa shape index (κ1) is 16.8. The SMILES string of the molecule is C/C=C\CC(C)C(CCCC)CC1CCC(CC)C1. The van der Waals surface area contributed by atoms with Crippen molar-refractivity contribution in [2.24, 2.45) is 23.7 Å². The molecule has 0 N–H and O–H groups in total. The van der Waals surface area contributed by atoms with Gasteiger partial charge in [0.05, 0.1) is 0 Å². The van der Waals surface area contributed by atoms with Crippen LogP contribution in [0.5, 0.6) is 0 Å². The van der Waals surface area contributed by atoms with Crippen LogP contribution in [-0.4, -0.2) is 0 Å². The topological polar surface area (TPSA) is 0 Å². The lowest BCUT2D eigenvalue weighted by atomic mass is 9.80. The van der Waals surface area contributed by atoms with Gasteiger partial charge in [-0.2, -0.15) is 0 Å². The van der Waals surface area contributed by atoms with Crippen molar-refractivity contribution in [3.05, 3.63) is 12.2 Å². The van der Waals surface area contributed by atoms with Crippen LogP contribution in [0, 0.1) is 23.7 Å². The lowest BCUT2D eigenvalue weighted by Crippen LogP contribution is -2.15. The number of hydrogen-bond donors (Lipinski definition) is 0. The Bertz CT molecular complexity index is 240. The molecule has 0 saturated heterocycles. The zero-order chi connectivity index (χ0) is 14.1. The van der Waals surface area contributed by atoms with Crippen LogP contribution in [0.25, 0.3) is 0 Å². The standard InChI is InChI=1S/C19H36/c1-5-8-10-16(4)19(11-9-6-2)15-18-13-12-17(7-3)14-18/h5,8,16-19H,6-7,9-15H2,1-4H3/b8-5-. The van der Waals surface area contributed by atoms with Gasteiger partial charge in [0.25, 0.3) is 0 Å². The molecule has 4 atom stereocenters. The predicted octanol–water partition coefficient (Wildman–Crippen LogP) is 6.61. The fourth-order valence-electron chi connectivity index (χ4n) is 3.84. The third kappa shape index (κ3) is 6.15. The maximum atomic E-state index is 2.48. The molecule has 1 fully saturated rings. The van der Waals surface area contributed by atoms with E-state index in [1.54, 1.807) is 0 Å². The van der Waals surface area contributed by atoms with Gasteiger partial charge < -0.3 is 0 Å². The maximum absolute atomic E-state index is 2.48. The summed E-state index contributed by atoms with van der Waals surface area (Å²) in [6, 6.07) is 0. The average molecular weight is 264 g/mol. The van der Waals surface area contributed by atoms with Gasteiger partial charge in [0, 0.05) is 0 Å². The molecule has 1 aliphatic carbocycles. The van der Waals surface area contributed by atoms with Crippen molar-refractivity contribution in [1.29, 1.82) is 0 Å². The molecule has 112 valence electrons. The van der Waals surface area contributed by atoms with E-state index in [2.05, 4.69) is 39.8 Å². The number of hydrogen-bond acceptors (Lipinski definition) is 0. The molecule has 0 bridgehead atoms. The molecule has 0 aliphatic heterocycles. The highest BCUT2D eigenvalue weighted by Crippen LogP contribution is 2.39. The van der Waals surface area contributed by atoms with Crippen molar-refractivity contribution >= 4 is 0 Å². The Labute approximate surface area is 122 Å². The van der Waals surface area contributed by atoms with Gasteiger partial charge in [0.2, 0.25) is 0 Å². The molecule has 0 aromatic heterocycles. The highest BCUT2D eigenvalue weighted by molar-refractivity contribution is 4.84. The quantitative estimate of drug-likeness (QED) is 0.411. The van der Waals surface area contributed by atoms with Crippen molar-refractivity contribution in [3.63, 3.8) is 0 Å². The van der Waals surface area contributed by atoms with Gasteiger partial charge in [-0.15, -0.1) is 0 Å². The van der Waals surface area contributed by atoms with Crippen LogP contribution in [0.2, 0.25) is 0 Å². The average Bonchev–Trinajstić information content (AvgIpc) is 2.88. The van der Waals surface area contributed by atoms with Crippen molar-refractivity contribution in [2.75, 3.05) is 0 Å². The summed E-state index contributed by atoms with van der Waals surface area (Å²) in [6.45, 7) is 9.33. The second kappa shape index (κ2) is 9.61. The van der Waals surface area contributed by atoms with Crippen molar-refractivity contribution < 1.29 is 0 Å². The molecule has 0 heterocycles. The molecule has 0 spiro atoms. The third-order valence-electron chi connectivity index (χ3n) is 5.34. The van der Waals surface area contributed by atoms with E-state index in [1.807, 2.05) is 0 Å². The maximum Gasteiger partial charge on any atom is -0.0322 e. The van der Waals surface area contributed by atoms with Crippen LogP contribution in [0.4, 0.5) is 0 Å². The van der Waals surface area contributed by atoms with E-state index in [-0.39, 0.29) is 0 Å². The Morgan fingerprint density at radius 3 is 2.47 bits per heavy atom. The summed E-state index contributed by atoms with van der Waals surface area (Å²) in [4.78, 5) is 0. The van der Waals surface area contributed by atoms with Crippen LogP contribution < -0.4 is 0 Å². The summed E-state index contributed by atoms with van der Waals surface area (Å²) in [6.07, 6.45) is 17.6. The minimum atomic E-state index is 0.878. The van der Waals surface area contributed by atoms with Crippen molar-refractivity contribution in [3.8, 4) is 0 Å². The summed E-state index contributed by atoms with van der Waals surface area (Å²) >= 11 is 0. The van der Waals surface area contributed by atoms with E-state index in [0.29, 0.717) is 0 Å². The predicted molar refractivity (Wildman–Crippen MR) is 87.3 cm³/mol. The summed E-state index contributed by atoms with van der Waals surface area (Å²) < 4.78 is 0. The number of rotatable bonds is 9. The minimum Gasteiger partial charge on any atom is -0.0917 e. The first-order valence-corrected chi connectivity index (χ1v) is 8.82. The molecule has 0 aromatic rings. The molecular formula is C19H36. The Kier molecular flexibility index (Phi) is 8.50. The monoisotopic (exact) mass is 264 g/mol. The Morgan fingerprint density at radius 2 is 1.89 bits per heavy atom. The zero-order valence-electron chi connectivity index (χ0n) is 13.8. The van der Waals surface area contributed by atoms with Crippen molar-refractivity contribution in [1.82, 2.24) is 0 Å². The summed E-state index contributed by atoms with van der Waals surface area (Å²) in [5, 5.41) is 0. The summed E-state index contributed by atoms with van der Waals surface area (Å²) in [5.74, 6) is 3.93. The zero-order valence-corrected chi connectivity index (χ0v) is 13.8. The second-order valence-electron chi connectivity index (χ2n) is 6.87. The van der Waals surface area contributed by atoms with Gasteiger partial charge in [-0.05, 0) is 49.9 Å². The van der Waals surface area contributed by atoms with E-state index < -0.39 is 0 Å². The van der Waals surface area contributed by atoms with E-state index in [9.17, 15) is 0 Å². The normalized spacial score (nSPS) is 26.9. The van der Waals surface area contributed by atoms with Gasteiger partial charge in [-0.3, -0.25) is 0 Å². The summed E-state index contributed by atoms with van der Waals surface area (Å²) in [5.41, 5.74) is 0. The first-order chi connectivity index (χ1) is 9.21. The molecule has 0 nitrogen and oxygen atoms in total. The van der Waals surface area contributed by atoms with Gasteiger partial charge in [0.15, 0.2) is 0 Å². The molecule has 19 heavy (non-hydrogen) atoms. The van der Waals surface area contributed by atoms with E-state index in [1.165, 1.54) is 57.8 Å². The fourth-order valence-corrected chi connectivity index (χ4v) is 3.84. The summed E-state index contributed by atoms with van der Waals surface area (Å²) in [7, 11) is 0. The van der Waals surface area contributed by atoms with Crippen LogP contribution in [0.1, 0.15) is 85.5 Å². The van der Waals surface area contributed by atoms with Gasteiger partial charge in [-0.1, -0.05) is 71.4 Å². The van der Waals surface area contributed by atoms with Crippen LogP contribution in [0.3, 0.4) is 0 Å². The number of allylic oxidation sites excluding steroid dienone is 2. The molecule has 0 heteroatoms. The van der Waals surface area contributed by atoms with E-state index in [0.717, 1.165) is 23.7 Å². The molecule has 0 amide bonds. The van der Waals surface area contributed by atoms with Gasteiger partial charge in [0.1, 0.15) is 0 Å². The second-order valence-corrected chi connectivity index (χ2v) is 6.87. The molecule has 0 aromatic carbocycles. The Hall–Kier alpha value is -0.260. The third-order valence-corrected chi connectivity index (χ3v) is 5.34. The lowest BCUT2D eigenvalue weighted by molar-refractivity contribution is 0.259. The lowest BCUT2D eigenvalue weighted by Gasteiger charge is -2.26. The molecular weight excluding hydrogens is 228 g/mol. The highest BCUT2D eigenvalue weighted by atomic mass is 14.3. The van der Waals surface area contributed by atoms with Crippen LogP contribution >= 0.6 is 0 Å². The largest absolute Gasteiger partial charge is 0.0917 e. The van der Waals surface area contributed by atoms with Crippen molar-refractivity contribution in [2.45, 2.75) is 85.5 Å². The molecule has 0 radical (unpaired) electrons. The van der Waals surface area contributed by atoms with Crippen LogP contribution in [-0.2, 0) is 0 Å². The Morgan fingerprint density at radius 1 is 1.16 bits per heavy atom. The van der Waals surface area contributed by atoms with Gasteiger partial charge in [-0.25, -0.2) is 0 Å². The van der Waals surface area contributed by atoms with Crippen LogP contribution in [0.15, 0.2) is 12.2 Å². The number of unbranched alkanes of at least 4 members (excludes halogenated alkanes) is 1. The highest BCUT2D eigenvalue weighted by Gasteiger charge is 2.27. The molecule has 1 saturated carbocycles. The van der Waals surface area contributed by atoms with E-state index >= 15 is 0 Å². The molecule has 1 aliphatic rings. The first-order valence-electron chi connectivity index (χ1n) is 8.82. The minimum absolute atomic E-state index is 0.878. The van der Waals surface area contributed by atoms with Gasteiger partial charge >= 0.3 is 0 Å². The Balaban J connectivity index is 2.44.